The monoisotopic (exact) mass is 418 g/mol. The van der Waals surface area contributed by atoms with Gasteiger partial charge in [-0.15, -0.1) is 0 Å². The van der Waals surface area contributed by atoms with Crippen LogP contribution in [0.1, 0.15) is 21.7 Å². The molecule has 0 aliphatic carbocycles. The van der Waals surface area contributed by atoms with Gasteiger partial charge in [-0.25, -0.2) is 0 Å². The van der Waals surface area contributed by atoms with Crippen LogP contribution in [0, 0.1) is 0 Å². The lowest BCUT2D eigenvalue weighted by Crippen LogP contribution is -2.40. The number of ether oxygens (including phenoxy) is 2. The predicted octanol–water partition coefficient (Wildman–Crippen LogP) is 3.49. The molecule has 0 radical (unpaired) electrons. The number of fused-ring (bicyclic) bond motifs is 2. The van der Waals surface area contributed by atoms with Crippen molar-refractivity contribution in [3.05, 3.63) is 65.4 Å². The van der Waals surface area contributed by atoms with Gasteiger partial charge in [-0.2, -0.15) is 0 Å². The molecule has 2 amide bonds. The number of rotatable bonds is 4. The first-order chi connectivity index (χ1) is 15.2. The Bertz CT molecular complexity index is 1170. The third-order valence-corrected chi connectivity index (χ3v) is 5.48. The Morgan fingerprint density at radius 3 is 2.74 bits per heavy atom. The van der Waals surface area contributed by atoms with Gasteiger partial charge in [-0.3, -0.25) is 9.59 Å². The van der Waals surface area contributed by atoms with Crippen LogP contribution < -0.4 is 10.1 Å². The number of anilines is 1. The number of hydrogen-bond acceptors (Lipinski definition) is 5. The van der Waals surface area contributed by atoms with Gasteiger partial charge in [0.05, 0.1) is 19.8 Å². The van der Waals surface area contributed by atoms with Crippen LogP contribution in [0.4, 0.5) is 5.69 Å². The number of nitrogens with zero attached hydrogens (tertiary/aromatic N) is 1. The van der Waals surface area contributed by atoms with E-state index in [4.69, 9.17) is 13.9 Å². The topological polar surface area (TPSA) is 81.0 Å². The molecule has 1 N–H and O–H groups in total. The number of nitrogens with one attached hydrogen (secondary N) is 1. The normalized spacial score (nSPS) is 15.8. The number of benzene rings is 2. The maximum atomic E-state index is 13.1. The van der Waals surface area contributed by atoms with Crippen molar-refractivity contribution in [1.82, 2.24) is 4.90 Å². The van der Waals surface area contributed by atoms with E-state index in [-0.39, 0.29) is 17.6 Å². The third kappa shape index (κ3) is 3.92. The van der Waals surface area contributed by atoms with Crippen molar-refractivity contribution in [3.8, 4) is 5.75 Å². The molecule has 2 aliphatic rings. The highest BCUT2D eigenvalue weighted by Gasteiger charge is 2.27. The zero-order chi connectivity index (χ0) is 21.2. The summed E-state index contributed by atoms with van der Waals surface area (Å²) in [7, 11) is 0. The lowest BCUT2D eigenvalue weighted by atomic mass is 10.1. The number of carbonyl (C=O) groups excluding carboxylic acids is 2. The average Bonchev–Trinajstić information content (AvgIpc) is 3.42. The summed E-state index contributed by atoms with van der Waals surface area (Å²) in [4.78, 5) is 27.4. The molecule has 0 spiro atoms. The van der Waals surface area contributed by atoms with E-state index >= 15 is 0 Å². The van der Waals surface area contributed by atoms with Crippen LogP contribution in [0.2, 0.25) is 0 Å². The Hall–Kier alpha value is -3.58. The Morgan fingerprint density at radius 2 is 1.87 bits per heavy atom. The molecule has 1 saturated heterocycles. The van der Waals surface area contributed by atoms with Gasteiger partial charge in [0.15, 0.2) is 0 Å². The minimum Gasteiger partial charge on any atom is -0.493 e. The maximum absolute atomic E-state index is 13.1. The molecule has 3 heterocycles. The molecule has 2 aliphatic heterocycles. The molecule has 0 saturated carbocycles. The van der Waals surface area contributed by atoms with Gasteiger partial charge in [0.25, 0.3) is 5.91 Å². The molecule has 158 valence electrons. The summed E-state index contributed by atoms with van der Waals surface area (Å²) in [5.41, 5.74) is 3.00. The van der Waals surface area contributed by atoms with Crippen molar-refractivity contribution < 1.29 is 23.5 Å². The largest absolute Gasteiger partial charge is 0.493 e. The number of hydrogen-bond donors (Lipinski definition) is 1. The van der Waals surface area contributed by atoms with Gasteiger partial charge in [0.2, 0.25) is 11.7 Å². The minimum absolute atomic E-state index is 0.138. The lowest BCUT2D eigenvalue weighted by molar-refractivity contribution is -0.111. The molecule has 0 unspecified atom stereocenters. The molecule has 3 aromatic rings. The molecule has 1 fully saturated rings. The molecule has 0 bridgehead atoms. The van der Waals surface area contributed by atoms with E-state index in [1.807, 2.05) is 36.4 Å². The first kappa shape index (κ1) is 19.4. The molecule has 7 heteroatoms. The van der Waals surface area contributed by atoms with E-state index in [0.717, 1.165) is 23.3 Å². The molecule has 1 aromatic heterocycles. The molecule has 7 nitrogen and oxygen atoms in total. The molecular weight excluding hydrogens is 396 g/mol. The second-order valence-electron chi connectivity index (χ2n) is 7.50. The second-order valence-corrected chi connectivity index (χ2v) is 7.50. The van der Waals surface area contributed by atoms with Crippen LogP contribution in [0.3, 0.4) is 0 Å². The molecule has 5 rings (SSSR count). The van der Waals surface area contributed by atoms with Gasteiger partial charge in [-0.05, 0) is 41.5 Å². The quantitative estimate of drug-likeness (QED) is 0.656. The Kier molecular flexibility index (Phi) is 5.18. The number of para-hydroxylation sites is 1. The highest BCUT2D eigenvalue weighted by Crippen LogP contribution is 2.32. The van der Waals surface area contributed by atoms with Crippen molar-refractivity contribution in [3.63, 3.8) is 0 Å². The molecular formula is C24H22N2O5. The Labute approximate surface area is 179 Å². The summed E-state index contributed by atoms with van der Waals surface area (Å²) in [5.74, 6) is 0.453. The Morgan fingerprint density at radius 1 is 1.03 bits per heavy atom. The van der Waals surface area contributed by atoms with E-state index in [1.54, 1.807) is 17.0 Å². The van der Waals surface area contributed by atoms with Crippen molar-refractivity contribution in [1.29, 1.82) is 0 Å². The van der Waals surface area contributed by atoms with E-state index < -0.39 is 0 Å². The highest BCUT2D eigenvalue weighted by molar-refractivity contribution is 6.13. The summed E-state index contributed by atoms with van der Waals surface area (Å²) in [6.07, 6.45) is 4.08. The van der Waals surface area contributed by atoms with E-state index in [0.29, 0.717) is 49.6 Å². The van der Waals surface area contributed by atoms with Crippen LogP contribution in [-0.2, 0) is 16.0 Å². The van der Waals surface area contributed by atoms with Crippen molar-refractivity contribution in [2.75, 3.05) is 38.2 Å². The first-order valence-corrected chi connectivity index (χ1v) is 10.3. The number of amides is 2. The standard InChI is InChI=1S/C24H22N2O5/c27-21(8-6-16-5-7-19-17(15-16)9-12-30-19)25-22-18-3-1-2-4-20(18)31-23(22)24(28)26-10-13-29-14-11-26/h1-8,15H,9-14H2,(H,25,27)/b8-6+. The van der Waals surface area contributed by atoms with Gasteiger partial charge in [0.1, 0.15) is 17.0 Å². The second kappa shape index (κ2) is 8.28. The van der Waals surface area contributed by atoms with Crippen LogP contribution in [0.5, 0.6) is 5.75 Å². The van der Waals surface area contributed by atoms with Crippen LogP contribution in [0.25, 0.3) is 17.0 Å². The van der Waals surface area contributed by atoms with Gasteiger partial charge in [-0.1, -0.05) is 18.2 Å². The summed E-state index contributed by atoms with van der Waals surface area (Å²) in [5, 5.41) is 3.54. The van der Waals surface area contributed by atoms with E-state index in [1.165, 1.54) is 6.08 Å². The summed E-state index contributed by atoms with van der Waals surface area (Å²) >= 11 is 0. The smallest absolute Gasteiger partial charge is 0.291 e. The van der Waals surface area contributed by atoms with Crippen molar-refractivity contribution >= 4 is 34.5 Å². The number of morpholine rings is 1. The molecule has 2 aromatic carbocycles. The summed E-state index contributed by atoms with van der Waals surface area (Å²) in [6, 6.07) is 13.1. The van der Waals surface area contributed by atoms with E-state index in [9.17, 15) is 9.59 Å². The number of carbonyl (C=O) groups is 2. The SMILES string of the molecule is O=C(/C=C/c1ccc2c(c1)CCO2)Nc1c(C(=O)N2CCOCC2)oc2ccccc12. The van der Waals surface area contributed by atoms with Crippen molar-refractivity contribution in [2.45, 2.75) is 6.42 Å². The zero-order valence-corrected chi connectivity index (χ0v) is 16.9. The zero-order valence-electron chi connectivity index (χ0n) is 16.9. The summed E-state index contributed by atoms with van der Waals surface area (Å²) in [6.45, 7) is 2.65. The molecule has 0 atom stereocenters. The van der Waals surface area contributed by atoms with Crippen LogP contribution >= 0.6 is 0 Å². The van der Waals surface area contributed by atoms with Gasteiger partial charge in [0, 0.05) is 31.0 Å². The van der Waals surface area contributed by atoms with Crippen molar-refractivity contribution in [2.24, 2.45) is 0 Å². The van der Waals surface area contributed by atoms with Crippen LogP contribution in [0.15, 0.2) is 53.0 Å². The van der Waals surface area contributed by atoms with Crippen LogP contribution in [-0.4, -0.2) is 49.6 Å². The lowest BCUT2D eigenvalue weighted by Gasteiger charge is -2.26. The average molecular weight is 418 g/mol. The fourth-order valence-electron chi connectivity index (χ4n) is 3.88. The third-order valence-electron chi connectivity index (χ3n) is 5.48. The van der Waals surface area contributed by atoms with E-state index in [2.05, 4.69) is 5.32 Å². The fourth-order valence-corrected chi connectivity index (χ4v) is 3.88. The highest BCUT2D eigenvalue weighted by atomic mass is 16.5. The molecule has 31 heavy (non-hydrogen) atoms. The first-order valence-electron chi connectivity index (χ1n) is 10.3. The Balaban J connectivity index is 1.40. The summed E-state index contributed by atoms with van der Waals surface area (Å²) < 4.78 is 16.7. The predicted molar refractivity (Wildman–Crippen MR) is 116 cm³/mol. The minimum atomic E-state index is -0.334. The maximum Gasteiger partial charge on any atom is 0.291 e. The van der Waals surface area contributed by atoms with Gasteiger partial charge < -0.3 is 24.1 Å². The number of furan rings is 1. The fraction of sp³-hybridized carbons (Fsp3) is 0.250. The van der Waals surface area contributed by atoms with Gasteiger partial charge >= 0.3 is 0 Å².